The maximum absolute atomic E-state index is 11.9. The van der Waals surface area contributed by atoms with Gasteiger partial charge in [0.15, 0.2) is 0 Å². The van der Waals surface area contributed by atoms with Crippen molar-refractivity contribution in [1.29, 1.82) is 0 Å². The van der Waals surface area contributed by atoms with Crippen molar-refractivity contribution in [2.75, 3.05) is 6.61 Å². The van der Waals surface area contributed by atoms with Crippen LogP contribution in [0.15, 0.2) is 42.5 Å². The number of aliphatic hydroxyl groups excluding tert-OH is 5. The summed E-state index contributed by atoms with van der Waals surface area (Å²) in [7, 11) is 0. The van der Waals surface area contributed by atoms with Crippen LogP contribution in [0, 0.1) is 0 Å². The Bertz CT molecular complexity index is 898. The molecule has 0 bridgehead atoms. The standard InChI is InChI=1S/C21H24O10/c22-9-15-17(25)18(26)19(27)21(31-15)30-14-3-1-2-11(16(14)20(28)29)8-13(24)10-4-6-12(23)7-5-10/h1-7,13,15,17-19,21-27H,8-9H2,(H,28,29)/t13-,15-,17+,18+,19-,21-/m0/s1. The highest BCUT2D eigenvalue weighted by molar-refractivity contribution is 5.92. The molecule has 3 rings (SSSR count). The second-order valence-electron chi connectivity index (χ2n) is 7.22. The first-order valence-corrected chi connectivity index (χ1v) is 9.52. The number of aromatic carboxylic acids is 1. The fourth-order valence-electron chi connectivity index (χ4n) is 3.40. The number of phenolic OH excluding ortho intramolecular Hbond substituents is 1. The van der Waals surface area contributed by atoms with Crippen LogP contribution >= 0.6 is 0 Å². The minimum atomic E-state index is -1.70. The van der Waals surface area contributed by atoms with E-state index in [4.69, 9.17) is 9.47 Å². The Morgan fingerprint density at radius 3 is 2.32 bits per heavy atom. The number of carbonyl (C=O) groups is 1. The minimum Gasteiger partial charge on any atom is -0.508 e. The summed E-state index contributed by atoms with van der Waals surface area (Å²) in [6, 6.07) is 10.1. The molecule has 1 heterocycles. The molecule has 6 atom stereocenters. The van der Waals surface area contributed by atoms with E-state index in [0.29, 0.717) is 5.56 Å². The van der Waals surface area contributed by atoms with E-state index in [1.54, 1.807) is 0 Å². The van der Waals surface area contributed by atoms with Gasteiger partial charge >= 0.3 is 5.97 Å². The summed E-state index contributed by atoms with van der Waals surface area (Å²) in [4.78, 5) is 11.9. The summed E-state index contributed by atoms with van der Waals surface area (Å²) in [5, 5.41) is 68.8. The van der Waals surface area contributed by atoms with Gasteiger partial charge in [-0.3, -0.25) is 0 Å². The van der Waals surface area contributed by atoms with Gasteiger partial charge in [-0.15, -0.1) is 0 Å². The fourth-order valence-corrected chi connectivity index (χ4v) is 3.40. The number of hydrogen-bond acceptors (Lipinski definition) is 9. The lowest BCUT2D eigenvalue weighted by molar-refractivity contribution is -0.277. The van der Waals surface area contributed by atoms with Crippen LogP contribution < -0.4 is 4.74 Å². The molecule has 1 fully saturated rings. The van der Waals surface area contributed by atoms with Gasteiger partial charge in [0.1, 0.15) is 41.5 Å². The average Bonchev–Trinajstić information content (AvgIpc) is 2.74. The summed E-state index contributed by atoms with van der Waals surface area (Å²) < 4.78 is 10.8. The van der Waals surface area contributed by atoms with Crippen molar-refractivity contribution in [1.82, 2.24) is 0 Å². The Hall–Kier alpha value is -2.73. The van der Waals surface area contributed by atoms with Gasteiger partial charge < -0.3 is 45.2 Å². The molecule has 2 aromatic carbocycles. The lowest BCUT2D eigenvalue weighted by atomic mass is 9.96. The van der Waals surface area contributed by atoms with Gasteiger partial charge in [-0.1, -0.05) is 24.3 Å². The summed E-state index contributed by atoms with van der Waals surface area (Å²) in [6.07, 6.45) is -8.87. The van der Waals surface area contributed by atoms with Crippen molar-refractivity contribution in [3.63, 3.8) is 0 Å². The number of carboxylic acids is 1. The van der Waals surface area contributed by atoms with Gasteiger partial charge in [-0.25, -0.2) is 4.79 Å². The Morgan fingerprint density at radius 1 is 1.03 bits per heavy atom. The Morgan fingerprint density at radius 2 is 1.71 bits per heavy atom. The SMILES string of the molecule is O=C(O)c1c(C[C@H](O)c2ccc(O)cc2)cccc1O[C@H]1O[C@@H](CO)[C@@H](O)[C@@H](O)[C@@H]1O. The molecule has 31 heavy (non-hydrogen) atoms. The zero-order valence-electron chi connectivity index (χ0n) is 16.3. The van der Waals surface area contributed by atoms with E-state index in [2.05, 4.69) is 0 Å². The van der Waals surface area contributed by atoms with E-state index >= 15 is 0 Å². The number of rotatable bonds is 7. The van der Waals surface area contributed by atoms with Gasteiger partial charge in [0.05, 0.1) is 12.7 Å². The lowest BCUT2D eigenvalue weighted by Crippen LogP contribution is -2.60. The van der Waals surface area contributed by atoms with Crippen LogP contribution in [0.25, 0.3) is 0 Å². The summed E-state index contributed by atoms with van der Waals surface area (Å²) in [5.41, 5.74) is 0.418. The number of carboxylic acid groups (broad SMARTS) is 1. The number of phenols is 1. The molecule has 1 saturated heterocycles. The molecule has 0 saturated carbocycles. The first-order chi connectivity index (χ1) is 14.7. The topological polar surface area (TPSA) is 177 Å². The van der Waals surface area contributed by atoms with Crippen LogP contribution in [0.1, 0.15) is 27.6 Å². The molecular weight excluding hydrogens is 412 g/mol. The van der Waals surface area contributed by atoms with E-state index in [-0.39, 0.29) is 29.0 Å². The number of hydrogen-bond donors (Lipinski definition) is 7. The summed E-state index contributed by atoms with van der Waals surface area (Å²) >= 11 is 0. The summed E-state index contributed by atoms with van der Waals surface area (Å²) in [6.45, 7) is -0.657. The van der Waals surface area contributed by atoms with Crippen molar-refractivity contribution in [3.05, 3.63) is 59.2 Å². The number of benzene rings is 2. The highest BCUT2D eigenvalue weighted by Crippen LogP contribution is 2.31. The predicted molar refractivity (Wildman–Crippen MR) is 105 cm³/mol. The van der Waals surface area contributed by atoms with Crippen molar-refractivity contribution in [2.24, 2.45) is 0 Å². The predicted octanol–water partition coefficient (Wildman–Crippen LogP) is -0.455. The first kappa shape index (κ1) is 22.9. The average molecular weight is 436 g/mol. The van der Waals surface area contributed by atoms with Gasteiger partial charge in [0.25, 0.3) is 0 Å². The number of ether oxygens (including phenoxy) is 2. The molecule has 0 radical (unpaired) electrons. The summed E-state index contributed by atoms with van der Waals surface area (Å²) in [5.74, 6) is -1.52. The van der Waals surface area contributed by atoms with Crippen molar-refractivity contribution < 1.29 is 50.0 Å². The van der Waals surface area contributed by atoms with Crippen LogP contribution in [-0.2, 0) is 11.2 Å². The third-order valence-corrected chi connectivity index (χ3v) is 5.11. The number of aromatic hydroxyl groups is 1. The molecule has 0 spiro atoms. The smallest absolute Gasteiger partial charge is 0.339 e. The Labute approximate surface area is 177 Å². The van der Waals surface area contributed by atoms with Crippen LogP contribution in [0.5, 0.6) is 11.5 Å². The minimum absolute atomic E-state index is 0.0251. The number of aliphatic hydroxyl groups is 5. The monoisotopic (exact) mass is 436 g/mol. The third kappa shape index (κ3) is 4.96. The molecule has 0 amide bonds. The molecular formula is C21H24O10. The molecule has 0 unspecified atom stereocenters. The fraction of sp³-hybridized carbons (Fsp3) is 0.381. The quantitative estimate of drug-likeness (QED) is 0.301. The Balaban J connectivity index is 1.86. The van der Waals surface area contributed by atoms with E-state index in [0.717, 1.165) is 0 Å². The molecule has 0 aliphatic carbocycles. The van der Waals surface area contributed by atoms with E-state index in [9.17, 15) is 40.5 Å². The van der Waals surface area contributed by atoms with Crippen LogP contribution in [0.4, 0.5) is 0 Å². The van der Waals surface area contributed by atoms with Crippen molar-refractivity contribution in [2.45, 2.75) is 43.2 Å². The largest absolute Gasteiger partial charge is 0.508 e. The maximum atomic E-state index is 11.9. The molecule has 10 heteroatoms. The second-order valence-corrected chi connectivity index (χ2v) is 7.22. The molecule has 10 nitrogen and oxygen atoms in total. The van der Waals surface area contributed by atoms with Crippen molar-refractivity contribution in [3.8, 4) is 11.5 Å². The van der Waals surface area contributed by atoms with Gasteiger partial charge in [-0.05, 0) is 29.3 Å². The van der Waals surface area contributed by atoms with E-state index in [1.807, 2.05) is 0 Å². The van der Waals surface area contributed by atoms with Crippen LogP contribution in [0.2, 0.25) is 0 Å². The normalized spacial score (nSPS) is 26.9. The molecule has 0 aromatic heterocycles. The molecule has 7 N–H and O–H groups in total. The highest BCUT2D eigenvalue weighted by Gasteiger charge is 2.45. The third-order valence-electron chi connectivity index (χ3n) is 5.11. The van der Waals surface area contributed by atoms with E-state index < -0.39 is 49.4 Å². The van der Waals surface area contributed by atoms with Gasteiger partial charge in [0.2, 0.25) is 6.29 Å². The molecule has 168 valence electrons. The first-order valence-electron chi connectivity index (χ1n) is 9.52. The highest BCUT2D eigenvalue weighted by atomic mass is 16.7. The van der Waals surface area contributed by atoms with Crippen LogP contribution in [-0.4, -0.2) is 79.0 Å². The van der Waals surface area contributed by atoms with Crippen molar-refractivity contribution >= 4 is 5.97 Å². The molecule has 1 aliphatic rings. The second kappa shape index (κ2) is 9.60. The molecule has 1 aliphatic heterocycles. The van der Waals surface area contributed by atoms with Crippen LogP contribution in [0.3, 0.4) is 0 Å². The maximum Gasteiger partial charge on any atom is 0.339 e. The zero-order chi connectivity index (χ0) is 22.7. The van der Waals surface area contributed by atoms with E-state index in [1.165, 1.54) is 42.5 Å². The molecule has 2 aromatic rings. The lowest BCUT2D eigenvalue weighted by Gasteiger charge is -2.39. The zero-order valence-corrected chi connectivity index (χ0v) is 16.3. The Kier molecular flexibility index (Phi) is 7.11. The van der Waals surface area contributed by atoms with Gasteiger partial charge in [0, 0.05) is 6.42 Å². The van der Waals surface area contributed by atoms with Gasteiger partial charge in [-0.2, -0.15) is 0 Å².